The number of rotatable bonds is 8. The Balaban J connectivity index is 0.00000363. The molecule has 0 radical (unpaired) electrons. The third-order valence-corrected chi connectivity index (χ3v) is 5.20. The van der Waals surface area contributed by atoms with Gasteiger partial charge < -0.3 is 20.5 Å². The molecule has 3 N–H and O–H groups in total. The van der Waals surface area contributed by atoms with Crippen LogP contribution in [0.4, 0.5) is 0 Å². The lowest BCUT2D eigenvalue weighted by atomic mass is 10.1. The largest absolute Gasteiger partial charge is 0.361 e. The van der Waals surface area contributed by atoms with Gasteiger partial charge in [-0.3, -0.25) is 9.79 Å². The molecule has 6 nitrogen and oxygen atoms in total. The molecule has 0 aliphatic rings. The number of H-pyrrole nitrogens is 1. The Morgan fingerprint density at radius 2 is 1.91 bits per heavy atom. The number of aryl methyl sites for hydroxylation is 1. The fourth-order valence-corrected chi connectivity index (χ4v) is 3.58. The van der Waals surface area contributed by atoms with Crippen LogP contribution in [-0.2, 0) is 12.8 Å². The SMILES string of the molecule is CCNC(=NCCc1c[nH]c2cc(C)ccc12)NCCc1cccc(C(=O)N(C)C)c1.I. The zero-order valence-corrected chi connectivity index (χ0v) is 21.7. The van der Waals surface area contributed by atoms with Crippen LogP contribution >= 0.6 is 24.0 Å². The molecule has 0 spiro atoms. The van der Waals surface area contributed by atoms with Crippen molar-refractivity contribution in [1.29, 1.82) is 0 Å². The predicted molar refractivity (Wildman–Crippen MR) is 144 cm³/mol. The van der Waals surface area contributed by atoms with E-state index in [1.807, 2.05) is 18.2 Å². The number of carbonyl (C=O) groups is 1. The summed E-state index contributed by atoms with van der Waals surface area (Å²) < 4.78 is 0. The molecule has 0 atom stereocenters. The van der Waals surface area contributed by atoms with E-state index >= 15 is 0 Å². The van der Waals surface area contributed by atoms with Crippen LogP contribution in [0.1, 0.15) is 34.0 Å². The van der Waals surface area contributed by atoms with Gasteiger partial charge >= 0.3 is 0 Å². The molecule has 0 aliphatic heterocycles. The number of aromatic nitrogens is 1. The van der Waals surface area contributed by atoms with Crippen molar-refractivity contribution in [3.8, 4) is 0 Å². The van der Waals surface area contributed by atoms with E-state index < -0.39 is 0 Å². The van der Waals surface area contributed by atoms with Crippen molar-refractivity contribution in [3.63, 3.8) is 0 Å². The van der Waals surface area contributed by atoms with E-state index in [4.69, 9.17) is 4.99 Å². The van der Waals surface area contributed by atoms with Gasteiger partial charge in [0.1, 0.15) is 0 Å². The monoisotopic (exact) mass is 547 g/mol. The Labute approximate surface area is 207 Å². The molecule has 3 rings (SSSR count). The molecule has 0 saturated carbocycles. The van der Waals surface area contributed by atoms with E-state index in [1.54, 1.807) is 19.0 Å². The first-order valence-corrected chi connectivity index (χ1v) is 10.9. The van der Waals surface area contributed by atoms with Crippen molar-refractivity contribution in [2.75, 3.05) is 33.7 Å². The number of aliphatic imine (C=N–C) groups is 1. The predicted octanol–water partition coefficient (Wildman–Crippen LogP) is 4.14. The number of fused-ring (bicyclic) bond motifs is 1. The number of nitrogens with zero attached hydrogens (tertiary/aromatic N) is 2. The van der Waals surface area contributed by atoms with Gasteiger partial charge in [-0.05, 0) is 61.6 Å². The summed E-state index contributed by atoms with van der Waals surface area (Å²) in [4.78, 5) is 21.8. The maximum atomic E-state index is 12.2. The first-order chi connectivity index (χ1) is 15.0. The summed E-state index contributed by atoms with van der Waals surface area (Å²) in [5.41, 5.74) is 5.58. The number of benzene rings is 2. The first-order valence-electron chi connectivity index (χ1n) is 10.9. The van der Waals surface area contributed by atoms with Crippen molar-refractivity contribution in [2.45, 2.75) is 26.7 Å². The molecule has 0 saturated heterocycles. The van der Waals surface area contributed by atoms with Gasteiger partial charge in [0.15, 0.2) is 5.96 Å². The maximum Gasteiger partial charge on any atom is 0.253 e. The van der Waals surface area contributed by atoms with E-state index in [2.05, 4.69) is 59.9 Å². The van der Waals surface area contributed by atoms with Crippen molar-refractivity contribution in [3.05, 3.63) is 70.9 Å². The molecule has 2 aromatic carbocycles. The molecule has 0 unspecified atom stereocenters. The Morgan fingerprint density at radius 3 is 2.66 bits per heavy atom. The number of nitrogens with one attached hydrogen (secondary N) is 3. The number of hydrogen-bond acceptors (Lipinski definition) is 2. The van der Waals surface area contributed by atoms with E-state index in [-0.39, 0.29) is 29.9 Å². The third kappa shape index (κ3) is 6.98. The Bertz CT molecular complexity index is 1060. The molecule has 1 aromatic heterocycles. The summed E-state index contributed by atoms with van der Waals surface area (Å²) in [6.07, 6.45) is 3.79. The van der Waals surface area contributed by atoms with Crippen LogP contribution in [0.25, 0.3) is 10.9 Å². The van der Waals surface area contributed by atoms with Gasteiger partial charge in [0.05, 0.1) is 0 Å². The van der Waals surface area contributed by atoms with Gasteiger partial charge in [0.2, 0.25) is 0 Å². The highest BCUT2D eigenvalue weighted by atomic mass is 127. The van der Waals surface area contributed by atoms with Crippen LogP contribution in [0.15, 0.2) is 53.7 Å². The summed E-state index contributed by atoms with van der Waals surface area (Å²) >= 11 is 0. The number of amides is 1. The molecule has 7 heteroatoms. The second kappa shape index (κ2) is 12.5. The smallest absolute Gasteiger partial charge is 0.253 e. The van der Waals surface area contributed by atoms with Gasteiger partial charge in [-0.25, -0.2) is 0 Å². The fourth-order valence-electron chi connectivity index (χ4n) is 3.58. The number of hydrogen-bond donors (Lipinski definition) is 3. The highest BCUT2D eigenvalue weighted by Gasteiger charge is 2.08. The van der Waals surface area contributed by atoms with Gasteiger partial charge in [-0.15, -0.1) is 24.0 Å². The Morgan fingerprint density at radius 1 is 1.09 bits per heavy atom. The van der Waals surface area contributed by atoms with E-state index in [0.29, 0.717) is 6.54 Å². The number of aromatic amines is 1. The molecule has 32 heavy (non-hydrogen) atoms. The lowest BCUT2D eigenvalue weighted by Crippen LogP contribution is -2.38. The first kappa shape index (κ1) is 25.7. The van der Waals surface area contributed by atoms with Crippen LogP contribution in [0.5, 0.6) is 0 Å². The molecule has 1 amide bonds. The highest BCUT2D eigenvalue weighted by molar-refractivity contribution is 14.0. The summed E-state index contributed by atoms with van der Waals surface area (Å²) in [6.45, 7) is 6.44. The Hall–Kier alpha value is -2.55. The summed E-state index contributed by atoms with van der Waals surface area (Å²) in [6, 6.07) is 14.3. The minimum absolute atomic E-state index is 0. The van der Waals surface area contributed by atoms with Crippen molar-refractivity contribution < 1.29 is 4.79 Å². The second-order valence-corrected chi connectivity index (χ2v) is 7.95. The summed E-state index contributed by atoms with van der Waals surface area (Å²) in [5, 5.41) is 7.98. The van der Waals surface area contributed by atoms with Gasteiger partial charge in [-0.1, -0.05) is 24.3 Å². The average Bonchev–Trinajstić information content (AvgIpc) is 3.15. The fraction of sp³-hybridized carbons (Fsp3) is 0.360. The quantitative estimate of drug-likeness (QED) is 0.226. The third-order valence-electron chi connectivity index (χ3n) is 5.20. The lowest BCUT2D eigenvalue weighted by Gasteiger charge is -2.13. The molecule has 1 heterocycles. The van der Waals surface area contributed by atoms with Crippen molar-refractivity contribution >= 4 is 46.7 Å². The van der Waals surface area contributed by atoms with Crippen LogP contribution in [-0.4, -0.2) is 55.5 Å². The average molecular weight is 547 g/mol. The number of halogens is 1. The molecule has 172 valence electrons. The van der Waals surface area contributed by atoms with Gasteiger partial charge in [0, 0.05) is 56.4 Å². The van der Waals surface area contributed by atoms with E-state index in [9.17, 15) is 4.79 Å². The lowest BCUT2D eigenvalue weighted by molar-refractivity contribution is 0.0827. The normalized spacial score (nSPS) is 11.2. The van der Waals surface area contributed by atoms with Crippen LogP contribution in [0.3, 0.4) is 0 Å². The summed E-state index contributed by atoms with van der Waals surface area (Å²) in [7, 11) is 3.54. The molecular weight excluding hydrogens is 513 g/mol. The number of carbonyl (C=O) groups excluding carboxylic acids is 1. The van der Waals surface area contributed by atoms with Gasteiger partial charge in [0.25, 0.3) is 5.91 Å². The minimum atomic E-state index is 0. The molecule has 0 aliphatic carbocycles. The highest BCUT2D eigenvalue weighted by Crippen LogP contribution is 2.19. The second-order valence-electron chi connectivity index (χ2n) is 7.95. The summed E-state index contributed by atoms with van der Waals surface area (Å²) in [5.74, 6) is 0.843. The van der Waals surface area contributed by atoms with E-state index in [1.165, 1.54) is 22.0 Å². The Kier molecular flexibility index (Phi) is 10.0. The zero-order chi connectivity index (χ0) is 22.2. The van der Waals surface area contributed by atoms with E-state index in [0.717, 1.165) is 43.0 Å². The van der Waals surface area contributed by atoms with Crippen molar-refractivity contribution in [1.82, 2.24) is 20.5 Å². The maximum absolute atomic E-state index is 12.2. The van der Waals surface area contributed by atoms with Crippen molar-refractivity contribution in [2.24, 2.45) is 4.99 Å². The zero-order valence-electron chi connectivity index (χ0n) is 19.4. The molecule has 0 bridgehead atoms. The minimum Gasteiger partial charge on any atom is -0.361 e. The topological polar surface area (TPSA) is 72.5 Å². The molecule has 3 aromatic rings. The molecule has 0 fully saturated rings. The standard InChI is InChI=1S/C25H33N5O.HI/c1-5-26-25(27-13-11-19-7-6-8-20(16-19)24(31)30(3)4)28-14-12-21-17-29-23-15-18(2)9-10-22(21)23;/h6-10,15-17,29H,5,11-14H2,1-4H3,(H2,26,27,28);1H. The van der Waals surface area contributed by atoms with Crippen LogP contribution in [0, 0.1) is 6.92 Å². The van der Waals surface area contributed by atoms with Gasteiger partial charge in [-0.2, -0.15) is 0 Å². The van der Waals surface area contributed by atoms with Crippen LogP contribution < -0.4 is 10.6 Å². The molecular formula is C25H34IN5O. The van der Waals surface area contributed by atoms with Crippen LogP contribution in [0.2, 0.25) is 0 Å². The number of guanidine groups is 1.